The van der Waals surface area contributed by atoms with Crippen LogP contribution >= 0.6 is 0 Å². The Kier molecular flexibility index (Phi) is 8.97. The van der Waals surface area contributed by atoms with Crippen LogP contribution in [0, 0.1) is 0 Å². The largest absolute Gasteiger partial charge is 0.508 e. The topological polar surface area (TPSA) is 221 Å². The van der Waals surface area contributed by atoms with Crippen molar-refractivity contribution >= 4 is 0 Å². The third kappa shape index (κ3) is 6.20. The summed E-state index contributed by atoms with van der Waals surface area (Å²) in [5.41, 5.74) is 6.51. The molecule has 12 heteroatoms. The minimum Gasteiger partial charge on any atom is -0.508 e. The first-order valence-electron chi connectivity index (χ1n) is 22.2. The molecule has 0 amide bonds. The van der Waals surface area contributed by atoms with Crippen LogP contribution in [0.25, 0.3) is 0 Å². The maximum absolute atomic E-state index is 12.6. The summed E-state index contributed by atoms with van der Waals surface area (Å²) in [6, 6.07) is 38.3. The first-order valence-corrected chi connectivity index (χ1v) is 22.2. The second kappa shape index (κ2) is 14.9. The van der Waals surface area contributed by atoms with Gasteiger partial charge in [0.2, 0.25) is 0 Å². The Hall–Kier alpha value is -8.64. The minimum absolute atomic E-state index is 0.0236. The van der Waals surface area contributed by atoms with Gasteiger partial charge in [-0.25, -0.2) is 0 Å². The van der Waals surface area contributed by atoms with E-state index in [2.05, 4.69) is 0 Å². The highest BCUT2D eigenvalue weighted by Gasteiger charge is 2.55. The van der Waals surface area contributed by atoms with Gasteiger partial charge in [0.25, 0.3) is 0 Å². The van der Waals surface area contributed by atoms with Crippen molar-refractivity contribution in [2.24, 2.45) is 0 Å². The molecule has 0 saturated carbocycles. The van der Waals surface area contributed by atoms with Crippen molar-refractivity contribution in [3.63, 3.8) is 0 Å². The fourth-order valence-corrected chi connectivity index (χ4v) is 12.0. The van der Waals surface area contributed by atoms with Crippen molar-refractivity contribution in [1.82, 2.24) is 0 Å². The summed E-state index contributed by atoms with van der Waals surface area (Å²) in [7, 11) is 0. The van der Waals surface area contributed by atoms with Crippen molar-refractivity contribution in [1.29, 1.82) is 0 Å². The molecule has 68 heavy (non-hydrogen) atoms. The number of fused-ring (bicyclic) bond motifs is 7. The molecule has 12 rings (SSSR count). The van der Waals surface area contributed by atoms with Crippen LogP contribution in [0.1, 0.15) is 114 Å². The monoisotopic (exact) mass is 906 g/mol. The Morgan fingerprint density at radius 3 is 0.897 bits per heavy atom. The van der Waals surface area contributed by atoms with Crippen LogP contribution in [-0.4, -0.2) is 51.1 Å². The van der Waals surface area contributed by atoms with Gasteiger partial charge in [-0.05, 0) is 117 Å². The maximum atomic E-state index is 12.6. The van der Waals surface area contributed by atoms with Crippen LogP contribution in [-0.2, 0) is 0 Å². The third-order valence-corrected chi connectivity index (χ3v) is 14.5. The van der Waals surface area contributed by atoms with E-state index in [-0.39, 0.29) is 57.5 Å². The highest BCUT2D eigenvalue weighted by molar-refractivity contribution is 5.71. The molecular weight excluding hydrogens is 865 g/mol. The van der Waals surface area contributed by atoms with E-state index in [4.69, 9.17) is 9.47 Å². The molecule has 4 aliphatic rings. The zero-order chi connectivity index (χ0) is 46.9. The van der Waals surface area contributed by atoms with Gasteiger partial charge >= 0.3 is 0 Å². The van der Waals surface area contributed by atoms with Crippen LogP contribution in [0.3, 0.4) is 0 Å². The summed E-state index contributed by atoms with van der Waals surface area (Å²) in [6.07, 6.45) is -1.70. The number of phenols is 10. The molecule has 0 spiro atoms. The quantitative estimate of drug-likeness (QED) is 0.0797. The number of benzene rings is 8. The zero-order valence-corrected chi connectivity index (χ0v) is 35.8. The molecule has 0 bridgehead atoms. The van der Waals surface area contributed by atoms with E-state index in [1.165, 1.54) is 48.5 Å². The van der Waals surface area contributed by atoms with Gasteiger partial charge in [-0.3, -0.25) is 0 Å². The maximum Gasteiger partial charge on any atom is 0.135 e. The van der Waals surface area contributed by atoms with Gasteiger partial charge in [0, 0.05) is 70.2 Å². The number of ether oxygens (including phenoxy) is 2. The third-order valence-electron chi connectivity index (χ3n) is 14.5. The Morgan fingerprint density at radius 2 is 0.559 bits per heavy atom. The van der Waals surface area contributed by atoms with Crippen LogP contribution < -0.4 is 9.47 Å². The van der Waals surface area contributed by atoms with Gasteiger partial charge in [-0.1, -0.05) is 48.5 Å². The second-order valence-electron chi connectivity index (χ2n) is 18.2. The summed E-state index contributed by atoms with van der Waals surface area (Å²) in [5.74, 6) is -6.01. The minimum atomic E-state index is -0.934. The molecule has 8 aromatic carbocycles. The molecule has 8 atom stereocenters. The molecule has 2 aliphatic carbocycles. The van der Waals surface area contributed by atoms with Crippen molar-refractivity contribution in [2.75, 3.05) is 0 Å². The first kappa shape index (κ1) is 40.8. The van der Waals surface area contributed by atoms with Crippen molar-refractivity contribution in [2.45, 2.75) is 47.7 Å². The molecule has 338 valence electrons. The van der Waals surface area contributed by atoms with Crippen molar-refractivity contribution in [3.8, 4) is 69.0 Å². The normalized spacial score (nSPS) is 22.6. The van der Waals surface area contributed by atoms with Crippen LogP contribution in [0.15, 0.2) is 146 Å². The van der Waals surface area contributed by atoms with E-state index in [1.807, 2.05) is 0 Å². The first-order chi connectivity index (χ1) is 32.8. The molecule has 10 N–H and O–H groups in total. The fraction of sp³-hybridized carbons (Fsp3) is 0.143. The molecule has 0 radical (unpaired) electrons. The van der Waals surface area contributed by atoms with E-state index in [9.17, 15) is 51.1 Å². The lowest BCUT2D eigenvalue weighted by Crippen LogP contribution is -2.33. The summed E-state index contributed by atoms with van der Waals surface area (Å²) in [4.78, 5) is 0. The zero-order valence-electron chi connectivity index (χ0n) is 35.8. The molecule has 0 saturated heterocycles. The summed E-state index contributed by atoms with van der Waals surface area (Å²) in [5, 5.41) is 115. The SMILES string of the molecule is Oc1ccc([C@@H]2c3c(O)cc(O)cc3C3c4c(cc(O)cc4[C@@H]4[C@H](c5ccc(O)cc5)c5c(O)cc(O)cc5[C@H]5c6c(cc(O)cc6[C@H]24)O[C@@H]5c2ccc(O)cc2)O[C@@H]3c2ccc(O)cc2)cc1. The number of phenolic OH excluding ortho intramolecular Hbond substituents is 10. The van der Waals surface area contributed by atoms with E-state index in [0.717, 1.165) is 0 Å². The average molecular weight is 907 g/mol. The lowest BCUT2D eigenvalue weighted by atomic mass is 9.55. The average Bonchev–Trinajstić information content (AvgIpc) is 3.87. The van der Waals surface area contributed by atoms with Gasteiger partial charge in [0.05, 0.1) is 11.8 Å². The van der Waals surface area contributed by atoms with Gasteiger partial charge < -0.3 is 60.5 Å². The molecule has 2 heterocycles. The molecule has 0 fully saturated rings. The molecule has 12 nitrogen and oxygen atoms in total. The van der Waals surface area contributed by atoms with Crippen molar-refractivity contribution < 1.29 is 60.5 Å². The van der Waals surface area contributed by atoms with Crippen LogP contribution in [0.2, 0.25) is 0 Å². The predicted molar refractivity (Wildman–Crippen MR) is 248 cm³/mol. The second-order valence-corrected chi connectivity index (χ2v) is 18.2. The Morgan fingerprint density at radius 1 is 0.265 bits per heavy atom. The van der Waals surface area contributed by atoms with Crippen molar-refractivity contribution in [3.05, 3.63) is 212 Å². The van der Waals surface area contributed by atoms with Gasteiger partial charge in [0.15, 0.2) is 0 Å². The van der Waals surface area contributed by atoms with Crippen LogP contribution in [0.5, 0.6) is 69.0 Å². The summed E-state index contributed by atoms with van der Waals surface area (Å²) in [6.45, 7) is 0. The number of hydrogen-bond donors (Lipinski definition) is 10. The van der Waals surface area contributed by atoms with Gasteiger partial charge in [-0.2, -0.15) is 0 Å². The lowest BCUT2D eigenvalue weighted by Gasteiger charge is -2.46. The predicted octanol–water partition coefficient (Wildman–Crippen LogP) is 10.4. The van der Waals surface area contributed by atoms with E-state index in [1.54, 1.807) is 97.1 Å². The molecule has 0 aromatic heterocycles. The standard InChI is InChI=1S/C56H42O12/c57-29-9-1-25(2-10-29)45-47-37(17-33(61)21-41(47)65)53-50-40(20-36(64)24-44(50)68-55(53)27-5-13-31(59)14-6-27)52-46(26-3-11-30(58)12-4-26)48-38(18-34(62)22-42(48)66)54-49-39(51(45)52)19-35(63)23-43(49)67-56(54)28-7-15-32(60)16-8-28/h1-24,45-46,51-66H/t45-,46-,51-,52-,53+,54?,55-,56-/m1/s1. The molecule has 8 aromatic rings. The van der Waals surface area contributed by atoms with Gasteiger partial charge in [-0.15, -0.1) is 0 Å². The smallest absolute Gasteiger partial charge is 0.135 e. The number of rotatable bonds is 4. The molecule has 2 aliphatic heterocycles. The Bertz CT molecular complexity index is 3110. The van der Waals surface area contributed by atoms with Crippen LogP contribution in [0.4, 0.5) is 0 Å². The highest BCUT2D eigenvalue weighted by atomic mass is 16.5. The Labute approximate surface area is 388 Å². The summed E-state index contributed by atoms with van der Waals surface area (Å²) >= 11 is 0. The van der Waals surface area contributed by atoms with Gasteiger partial charge in [0.1, 0.15) is 81.2 Å². The lowest BCUT2D eigenvalue weighted by molar-refractivity contribution is 0.219. The van der Waals surface area contributed by atoms with E-state index >= 15 is 0 Å². The molecule has 1 unspecified atom stereocenters. The number of hydrogen-bond acceptors (Lipinski definition) is 12. The fourth-order valence-electron chi connectivity index (χ4n) is 12.0. The highest BCUT2D eigenvalue weighted by Crippen LogP contribution is 2.69. The van der Waals surface area contributed by atoms with E-state index < -0.39 is 47.7 Å². The Balaban J connectivity index is 1.29. The molecular formula is C56H42O12. The summed E-state index contributed by atoms with van der Waals surface area (Å²) < 4.78 is 13.8. The number of aromatic hydroxyl groups is 10. The van der Waals surface area contributed by atoms with E-state index in [0.29, 0.717) is 78.3 Å².